The largest absolute Gasteiger partial charge is 0.497 e. The lowest BCUT2D eigenvalue weighted by atomic mass is 9.88. The van der Waals surface area contributed by atoms with Gasteiger partial charge in [0.15, 0.2) is 0 Å². The zero-order valence-corrected chi connectivity index (χ0v) is 23.1. The molecule has 1 aliphatic rings. The summed E-state index contributed by atoms with van der Waals surface area (Å²) in [5.74, 6) is -2.63. The number of hydrogen-bond acceptors (Lipinski definition) is 7. The number of benzene rings is 2. The standard InChI is InChI=1S/C29H32F3NO7/c1-17(7-13-24(34)38-5)6-12-21-22(15-39-14-19-8-10-20(37-4)11-9-19)18(2)23-16-40-27(35)25(23)26(21)33(3)28(36)29(30,31)32/h6,8-11H,7,12-16H2,1-5H3. The van der Waals surface area contributed by atoms with Gasteiger partial charge in [-0.3, -0.25) is 9.59 Å². The van der Waals surface area contributed by atoms with Crippen LogP contribution in [-0.4, -0.2) is 45.3 Å². The number of nitrogens with zero attached hydrogens (tertiary/aromatic N) is 1. The second kappa shape index (κ2) is 13.0. The molecular formula is C29H32F3NO7. The molecule has 8 nitrogen and oxygen atoms in total. The molecule has 0 radical (unpaired) electrons. The third-order valence-corrected chi connectivity index (χ3v) is 6.81. The molecule has 0 spiro atoms. The summed E-state index contributed by atoms with van der Waals surface area (Å²) in [7, 11) is 3.83. The fraction of sp³-hybridized carbons (Fsp3) is 0.414. The highest BCUT2D eigenvalue weighted by Gasteiger charge is 2.44. The highest BCUT2D eigenvalue weighted by Crippen LogP contribution is 2.40. The van der Waals surface area contributed by atoms with Gasteiger partial charge in [0.1, 0.15) is 12.4 Å². The number of hydrogen-bond donors (Lipinski definition) is 0. The highest BCUT2D eigenvalue weighted by molar-refractivity contribution is 6.07. The first kappa shape index (κ1) is 30.7. The number of rotatable bonds is 11. The first-order valence-electron chi connectivity index (χ1n) is 12.5. The van der Waals surface area contributed by atoms with Crippen molar-refractivity contribution in [2.45, 2.75) is 59.1 Å². The molecule has 3 rings (SSSR count). The van der Waals surface area contributed by atoms with Gasteiger partial charge in [0, 0.05) is 19.0 Å². The van der Waals surface area contributed by atoms with Gasteiger partial charge in [-0.2, -0.15) is 13.2 Å². The number of amides is 1. The third-order valence-electron chi connectivity index (χ3n) is 6.81. The number of cyclic esters (lactones) is 1. The van der Waals surface area contributed by atoms with Crippen LogP contribution < -0.4 is 9.64 Å². The smallest absolute Gasteiger partial charge is 0.471 e. The Labute approximate surface area is 230 Å². The number of allylic oxidation sites excluding steroid dienone is 2. The molecule has 0 aromatic heterocycles. The minimum Gasteiger partial charge on any atom is -0.497 e. The topological polar surface area (TPSA) is 91.4 Å². The first-order chi connectivity index (χ1) is 18.9. The average molecular weight is 564 g/mol. The summed E-state index contributed by atoms with van der Waals surface area (Å²) < 4.78 is 61.6. The highest BCUT2D eigenvalue weighted by atomic mass is 19.4. The van der Waals surface area contributed by atoms with E-state index >= 15 is 0 Å². The third kappa shape index (κ3) is 7.01. The zero-order valence-electron chi connectivity index (χ0n) is 23.1. The van der Waals surface area contributed by atoms with Crippen LogP contribution in [-0.2, 0) is 50.0 Å². The number of esters is 2. The van der Waals surface area contributed by atoms with Gasteiger partial charge in [-0.15, -0.1) is 0 Å². The van der Waals surface area contributed by atoms with Crippen LogP contribution in [0.3, 0.4) is 0 Å². The molecule has 11 heteroatoms. The van der Waals surface area contributed by atoms with Gasteiger partial charge in [0.2, 0.25) is 0 Å². The maximum absolute atomic E-state index is 13.5. The number of methoxy groups -OCH3 is 2. The van der Waals surface area contributed by atoms with Crippen LogP contribution in [0.5, 0.6) is 5.75 Å². The minimum absolute atomic E-state index is 0.00473. The van der Waals surface area contributed by atoms with Crippen molar-refractivity contribution >= 4 is 23.5 Å². The van der Waals surface area contributed by atoms with E-state index in [0.29, 0.717) is 39.3 Å². The van der Waals surface area contributed by atoms with Gasteiger partial charge in [-0.1, -0.05) is 23.8 Å². The molecule has 0 saturated carbocycles. The van der Waals surface area contributed by atoms with E-state index in [9.17, 15) is 27.6 Å². The molecule has 216 valence electrons. The van der Waals surface area contributed by atoms with Gasteiger partial charge >= 0.3 is 24.0 Å². The van der Waals surface area contributed by atoms with Crippen molar-refractivity contribution in [2.75, 3.05) is 26.2 Å². The Hall–Kier alpha value is -3.86. The van der Waals surface area contributed by atoms with Gasteiger partial charge in [0.25, 0.3) is 0 Å². The number of anilines is 1. The maximum atomic E-state index is 13.5. The van der Waals surface area contributed by atoms with Crippen LogP contribution in [0.25, 0.3) is 0 Å². The Bertz CT molecular complexity index is 1300. The lowest BCUT2D eigenvalue weighted by molar-refractivity contribution is -0.170. The van der Waals surface area contributed by atoms with Crippen molar-refractivity contribution in [1.82, 2.24) is 0 Å². The summed E-state index contributed by atoms with van der Waals surface area (Å²) in [4.78, 5) is 37.1. The number of ether oxygens (including phenoxy) is 4. The van der Waals surface area contributed by atoms with Gasteiger partial charge in [-0.05, 0) is 61.1 Å². The van der Waals surface area contributed by atoms with E-state index < -0.39 is 24.0 Å². The molecule has 0 aliphatic carbocycles. The molecule has 0 N–H and O–H groups in total. The van der Waals surface area contributed by atoms with E-state index in [4.69, 9.17) is 14.2 Å². The van der Waals surface area contributed by atoms with Crippen LogP contribution in [0, 0.1) is 6.92 Å². The maximum Gasteiger partial charge on any atom is 0.471 e. The summed E-state index contributed by atoms with van der Waals surface area (Å²) in [6.45, 7) is 3.61. The van der Waals surface area contributed by atoms with Crippen LogP contribution in [0.1, 0.15) is 57.9 Å². The summed E-state index contributed by atoms with van der Waals surface area (Å²) in [5, 5.41) is 0. The molecule has 0 atom stereocenters. The normalized spacial score (nSPS) is 13.1. The Balaban J connectivity index is 2.07. The van der Waals surface area contributed by atoms with Crippen LogP contribution >= 0.6 is 0 Å². The number of alkyl halides is 3. The number of carbonyl (C=O) groups excluding carboxylic acids is 3. The van der Waals surface area contributed by atoms with E-state index in [2.05, 4.69) is 4.74 Å². The average Bonchev–Trinajstić information content (AvgIpc) is 3.32. The molecule has 1 amide bonds. The molecule has 0 bridgehead atoms. The zero-order chi connectivity index (χ0) is 29.6. The van der Waals surface area contributed by atoms with Crippen molar-refractivity contribution in [2.24, 2.45) is 0 Å². The fourth-order valence-corrected chi connectivity index (χ4v) is 4.49. The van der Waals surface area contributed by atoms with E-state index in [0.717, 1.165) is 18.2 Å². The molecular weight excluding hydrogens is 531 g/mol. The minimum atomic E-state index is -5.16. The van der Waals surface area contributed by atoms with E-state index in [-0.39, 0.29) is 43.9 Å². The summed E-state index contributed by atoms with van der Waals surface area (Å²) in [5.41, 5.74) is 3.36. The fourth-order valence-electron chi connectivity index (χ4n) is 4.49. The van der Waals surface area contributed by atoms with Crippen LogP contribution in [0.2, 0.25) is 0 Å². The van der Waals surface area contributed by atoms with E-state index in [1.807, 2.05) is 12.1 Å². The van der Waals surface area contributed by atoms with Crippen LogP contribution in [0.15, 0.2) is 35.9 Å². The van der Waals surface area contributed by atoms with Crippen LogP contribution in [0.4, 0.5) is 18.9 Å². The van der Waals surface area contributed by atoms with E-state index in [1.54, 1.807) is 39.2 Å². The summed E-state index contributed by atoms with van der Waals surface area (Å²) >= 11 is 0. The van der Waals surface area contributed by atoms with Crippen molar-refractivity contribution in [1.29, 1.82) is 0 Å². The number of fused-ring (bicyclic) bond motifs is 1. The second-order valence-electron chi connectivity index (χ2n) is 9.39. The number of carbonyl (C=O) groups is 3. The Morgan fingerprint density at radius 1 is 1.07 bits per heavy atom. The van der Waals surface area contributed by atoms with Gasteiger partial charge in [-0.25, -0.2) is 4.79 Å². The van der Waals surface area contributed by atoms with Gasteiger partial charge in [0.05, 0.1) is 38.7 Å². The van der Waals surface area contributed by atoms with Gasteiger partial charge < -0.3 is 23.8 Å². The Morgan fingerprint density at radius 3 is 2.35 bits per heavy atom. The number of halogens is 3. The predicted molar refractivity (Wildman–Crippen MR) is 140 cm³/mol. The SMILES string of the molecule is COC(=O)CCC(C)=CCc1c(COCc2ccc(OC)cc2)c(C)c2c(c1N(C)C(=O)C(F)(F)F)C(=O)OC2. The molecule has 0 saturated heterocycles. The quantitative estimate of drug-likeness (QED) is 0.269. The lowest BCUT2D eigenvalue weighted by Gasteiger charge is -2.27. The molecule has 0 fully saturated rings. The predicted octanol–water partition coefficient (Wildman–Crippen LogP) is 5.36. The lowest BCUT2D eigenvalue weighted by Crippen LogP contribution is -2.40. The van der Waals surface area contributed by atoms with Crippen molar-refractivity contribution in [3.8, 4) is 5.75 Å². The summed E-state index contributed by atoms with van der Waals surface area (Å²) in [6.07, 6.45) is -2.82. The molecule has 40 heavy (non-hydrogen) atoms. The summed E-state index contributed by atoms with van der Waals surface area (Å²) in [6, 6.07) is 7.23. The molecule has 0 unspecified atom stereocenters. The molecule has 2 aromatic rings. The van der Waals surface area contributed by atoms with Crippen molar-refractivity contribution in [3.63, 3.8) is 0 Å². The van der Waals surface area contributed by atoms with Crippen molar-refractivity contribution in [3.05, 3.63) is 69.3 Å². The Kier molecular flexibility index (Phi) is 9.97. The molecule has 2 aromatic carbocycles. The molecule has 1 aliphatic heterocycles. The Morgan fingerprint density at radius 2 is 1.75 bits per heavy atom. The van der Waals surface area contributed by atoms with Crippen molar-refractivity contribution < 1.29 is 46.5 Å². The van der Waals surface area contributed by atoms with E-state index in [1.165, 1.54) is 7.11 Å². The first-order valence-corrected chi connectivity index (χ1v) is 12.5. The molecule has 1 heterocycles. The monoisotopic (exact) mass is 563 g/mol. The second-order valence-corrected chi connectivity index (χ2v) is 9.39.